The standard InChI is InChI=1S/C16H17FN2/c17-16-10-13(11-19-15-3-4-15)1-2-14(16)9-12-5-7-18-8-6-12/h1-2,5-8,10,15,19H,3-4,9,11H2. The first-order chi connectivity index (χ1) is 9.31. The van der Waals surface area contributed by atoms with E-state index in [1.54, 1.807) is 18.5 Å². The number of hydrogen-bond acceptors (Lipinski definition) is 2. The maximum absolute atomic E-state index is 14.0. The molecule has 0 unspecified atom stereocenters. The number of hydrogen-bond donors (Lipinski definition) is 1. The second-order valence-corrected chi connectivity index (χ2v) is 5.11. The highest BCUT2D eigenvalue weighted by Gasteiger charge is 2.20. The summed E-state index contributed by atoms with van der Waals surface area (Å²) >= 11 is 0. The van der Waals surface area contributed by atoms with Crippen LogP contribution in [0.4, 0.5) is 4.39 Å². The molecule has 1 aliphatic rings. The normalized spacial score (nSPS) is 14.6. The summed E-state index contributed by atoms with van der Waals surface area (Å²) < 4.78 is 14.0. The molecule has 1 N–H and O–H groups in total. The maximum atomic E-state index is 14.0. The molecule has 1 aromatic carbocycles. The minimum atomic E-state index is -0.119. The highest BCUT2D eigenvalue weighted by molar-refractivity contribution is 5.29. The van der Waals surface area contributed by atoms with Crippen molar-refractivity contribution in [3.05, 3.63) is 65.2 Å². The summed E-state index contributed by atoms with van der Waals surface area (Å²) in [4.78, 5) is 3.97. The van der Waals surface area contributed by atoms with E-state index in [0.29, 0.717) is 12.5 Å². The third-order valence-electron chi connectivity index (χ3n) is 3.43. The molecule has 1 saturated carbocycles. The molecular formula is C16H17FN2. The molecule has 0 radical (unpaired) electrons. The summed E-state index contributed by atoms with van der Waals surface area (Å²) in [7, 11) is 0. The van der Waals surface area contributed by atoms with Crippen LogP contribution in [0.25, 0.3) is 0 Å². The van der Waals surface area contributed by atoms with E-state index in [9.17, 15) is 4.39 Å². The summed E-state index contributed by atoms with van der Waals surface area (Å²) in [5.41, 5.74) is 2.84. The molecule has 2 aromatic rings. The van der Waals surface area contributed by atoms with E-state index in [0.717, 1.165) is 23.2 Å². The lowest BCUT2D eigenvalue weighted by Gasteiger charge is -2.07. The van der Waals surface area contributed by atoms with Crippen LogP contribution in [-0.4, -0.2) is 11.0 Å². The monoisotopic (exact) mass is 256 g/mol. The van der Waals surface area contributed by atoms with Crippen LogP contribution in [0.1, 0.15) is 29.5 Å². The molecule has 0 aliphatic heterocycles. The zero-order valence-corrected chi connectivity index (χ0v) is 10.8. The Kier molecular flexibility index (Phi) is 3.56. The summed E-state index contributed by atoms with van der Waals surface area (Å²) in [6.07, 6.45) is 6.60. The molecule has 1 aliphatic carbocycles. The summed E-state index contributed by atoms with van der Waals surface area (Å²) in [6, 6.07) is 10.0. The van der Waals surface area contributed by atoms with Crippen molar-refractivity contribution in [2.75, 3.05) is 0 Å². The molecule has 0 atom stereocenters. The molecule has 3 rings (SSSR count). The van der Waals surface area contributed by atoms with Crippen LogP contribution in [-0.2, 0) is 13.0 Å². The van der Waals surface area contributed by atoms with Gasteiger partial charge in [-0.05, 0) is 47.7 Å². The zero-order valence-electron chi connectivity index (χ0n) is 10.8. The van der Waals surface area contributed by atoms with Crippen molar-refractivity contribution in [1.82, 2.24) is 10.3 Å². The topological polar surface area (TPSA) is 24.9 Å². The SMILES string of the molecule is Fc1cc(CNC2CC2)ccc1Cc1ccncc1. The second kappa shape index (κ2) is 5.49. The van der Waals surface area contributed by atoms with Gasteiger partial charge in [-0.15, -0.1) is 0 Å². The Morgan fingerprint density at radius 2 is 1.89 bits per heavy atom. The van der Waals surface area contributed by atoms with E-state index in [1.165, 1.54) is 12.8 Å². The quantitative estimate of drug-likeness (QED) is 0.889. The maximum Gasteiger partial charge on any atom is 0.127 e. The first-order valence-electron chi connectivity index (χ1n) is 6.71. The van der Waals surface area contributed by atoms with Crippen LogP contribution in [0.3, 0.4) is 0 Å². The molecule has 0 amide bonds. The Hall–Kier alpha value is -1.74. The average Bonchev–Trinajstić information content (AvgIpc) is 3.25. The first-order valence-corrected chi connectivity index (χ1v) is 6.71. The van der Waals surface area contributed by atoms with E-state index in [1.807, 2.05) is 24.3 Å². The molecule has 2 nitrogen and oxygen atoms in total. The molecule has 1 heterocycles. The van der Waals surface area contributed by atoms with E-state index in [4.69, 9.17) is 0 Å². The fourth-order valence-electron chi connectivity index (χ4n) is 2.11. The van der Waals surface area contributed by atoms with Gasteiger partial charge in [-0.1, -0.05) is 12.1 Å². The van der Waals surface area contributed by atoms with Gasteiger partial charge >= 0.3 is 0 Å². The Morgan fingerprint density at radius 3 is 2.58 bits per heavy atom. The van der Waals surface area contributed by atoms with Crippen LogP contribution < -0.4 is 5.32 Å². The fraction of sp³-hybridized carbons (Fsp3) is 0.312. The fourth-order valence-corrected chi connectivity index (χ4v) is 2.11. The number of pyridine rings is 1. The minimum absolute atomic E-state index is 0.119. The van der Waals surface area contributed by atoms with Crippen molar-refractivity contribution in [2.24, 2.45) is 0 Å². The Balaban J connectivity index is 1.68. The van der Waals surface area contributed by atoms with E-state index >= 15 is 0 Å². The van der Waals surface area contributed by atoms with E-state index in [2.05, 4.69) is 10.3 Å². The molecule has 0 spiro atoms. The molecule has 98 valence electrons. The predicted octanol–water partition coefficient (Wildman–Crippen LogP) is 3.06. The van der Waals surface area contributed by atoms with Gasteiger partial charge < -0.3 is 5.32 Å². The number of aromatic nitrogens is 1. The number of rotatable bonds is 5. The lowest BCUT2D eigenvalue weighted by Crippen LogP contribution is -2.15. The third kappa shape index (κ3) is 3.38. The minimum Gasteiger partial charge on any atom is -0.310 e. The first kappa shape index (κ1) is 12.3. The zero-order chi connectivity index (χ0) is 13.1. The van der Waals surface area contributed by atoms with Gasteiger partial charge in [0.1, 0.15) is 5.82 Å². The number of halogens is 1. The third-order valence-corrected chi connectivity index (χ3v) is 3.43. The van der Waals surface area contributed by atoms with Gasteiger partial charge in [0, 0.05) is 31.4 Å². The molecule has 3 heteroatoms. The van der Waals surface area contributed by atoms with Crippen LogP contribution in [0.15, 0.2) is 42.7 Å². The van der Waals surface area contributed by atoms with Gasteiger partial charge in [0.25, 0.3) is 0 Å². The van der Waals surface area contributed by atoms with Crippen molar-refractivity contribution < 1.29 is 4.39 Å². The van der Waals surface area contributed by atoms with Gasteiger partial charge in [-0.3, -0.25) is 4.98 Å². The van der Waals surface area contributed by atoms with E-state index in [-0.39, 0.29) is 5.82 Å². The van der Waals surface area contributed by atoms with Crippen LogP contribution in [0.5, 0.6) is 0 Å². The molecule has 0 bridgehead atoms. The van der Waals surface area contributed by atoms with Gasteiger partial charge in [-0.25, -0.2) is 4.39 Å². The van der Waals surface area contributed by atoms with Crippen LogP contribution >= 0.6 is 0 Å². The van der Waals surface area contributed by atoms with Crippen molar-refractivity contribution in [3.63, 3.8) is 0 Å². The van der Waals surface area contributed by atoms with Crippen LogP contribution in [0, 0.1) is 5.82 Å². The van der Waals surface area contributed by atoms with Crippen molar-refractivity contribution in [2.45, 2.75) is 31.8 Å². The van der Waals surface area contributed by atoms with Crippen LogP contribution in [0.2, 0.25) is 0 Å². The number of nitrogens with one attached hydrogen (secondary N) is 1. The molecule has 19 heavy (non-hydrogen) atoms. The molecular weight excluding hydrogens is 239 g/mol. The average molecular weight is 256 g/mol. The number of benzene rings is 1. The molecule has 1 aromatic heterocycles. The van der Waals surface area contributed by atoms with Gasteiger partial charge in [0.15, 0.2) is 0 Å². The Bertz CT molecular complexity index is 550. The predicted molar refractivity (Wildman–Crippen MR) is 73.3 cm³/mol. The number of nitrogens with zero attached hydrogens (tertiary/aromatic N) is 1. The lowest BCUT2D eigenvalue weighted by molar-refractivity contribution is 0.606. The highest BCUT2D eigenvalue weighted by atomic mass is 19.1. The Labute approximate surface area is 112 Å². The summed E-state index contributed by atoms with van der Waals surface area (Å²) in [6.45, 7) is 0.761. The Morgan fingerprint density at radius 1 is 1.11 bits per heavy atom. The molecule has 1 fully saturated rings. The largest absolute Gasteiger partial charge is 0.310 e. The van der Waals surface area contributed by atoms with Crippen molar-refractivity contribution in [3.8, 4) is 0 Å². The van der Waals surface area contributed by atoms with Gasteiger partial charge in [0.2, 0.25) is 0 Å². The smallest absolute Gasteiger partial charge is 0.127 e. The van der Waals surface area contributed by atoms with Gasteiger partial charge in [0.05, 0.1) is 0 Å². The van der Waals surface area contributed by atoms with Crippen molar-refractivity contribution >= 4 is 0 Å². The van der Waals surface area contributed by atoms with Crippen molar-refractivity contribution in [1.29, 1.82) is 0 Å². The highest BCUT2D eigenvalue weighted by Crippen LogP contribution is 2.20. The summed E-state index contributed by atoms with van der Waals surface area (Å²) in [5, 5.41) is 3.39. The van der Waals surface area contributed by atoms with E-state index < -0.39 is 0 Å². The summed E-state index contributed by atoms with van der Waals surface area (Å²) in [5.74, 6) is -0.119. The van der Waals surface area contributed by atoms with Gasteiger partial charge in [-0.2, -0.15) is 0 Å². The lowest BCUT2D eigenvalue weighted by atomic mass is 10.0. The molecule has 0 saturated heterocycles. The second-order valence-electron chi connectivity index (χ2n) is 5.11.